The fourth-order valence-corrected chi connectivity index (χ4v) is 3.41. The zero-order valence-corrected chi connectivity index (χ0v) is 11.6. The van der Waals surface area contributed by atoms with E-state index in [0.717, 1.165) is 32.2 Å². The van der Waals surface area contributed by atoms with Crippen LogP contribution in [0.4, 0.5) is 4.39 Å². The molecule has 1 N–H and O–H groups in total. The van der Waals surface area contributed by atoms with Crippen molar-refractivity contribution >= 4 is 5.91 Å². The predicted molar refractivity (Wildman–Crippen MR) is 75.6 cm³/mol. The van der Waals surface area contributed by atoms with Gasteiger partial charge >= 0.3 is 0 Å². The van der Waals surface area contributed by atoms with E-state index in [4.69, 9.17) is 0 Å². The smallest absolute Gasteiger partial charge is 0.223 e. The number of hydrogen-bond donors (Lipinski definition) is 1. The minimum atomic E-state index is -0.218. The van der Waals surface area contributed by atoms with E-state index in [1.807, 2.05) is 11.0 Å². The number of benzene rings is 1. The standard InChI is InChI=1S/C16H21FN2O/c17-13-6-2-1-5-12(13)11-19-15-9-10-18-14(15)7-3-4-8-16(19)20/h1-2,5-6,14-15,18H,3-4,7-11H2/t14-,15+/m1/s1. The van der Waals surface area contributed by atoms with E-state index in [9.17, 15) is 9.18 Å². The Morgan fingerprint density at radius 3 is 2.95 bits per heavy atom. The number of fused-ring (bicyclic) bond motifs is 1. The first-order valence-electron chi connectivity index (χ1n) is 7.52. The minimum Gasteiger partial charge on any atom is -0.334 e. The molecule has 3 rings (SSSR count). The van der Waals surface area contributed by atoms with E-state index in [0.29, 0.717) is 24.6 Å². The summed E-state index contributed by atoms with van der Waals surface area (Å²) in [4.78, 5) is 14.3. The molecule has 3 nitrogen and oxygen atoms in total. The largest absolute Gasteiger partial charge is 0.334 e. The van der Waals surface area contributed by atoms with Crippen LogP contribution in [0.1, 0.15) is 37.7 Å². The summed E-state index contributed by atoms with van der Waals surface area (Å²) < 4.78 is 13.8. The van der Waals surface area contributed by atoms with Gasteiger partial charge in [-0.05, 0) is 31.9 Å². The third-order valence-corrected chi connectivity index (χ3v) is 4.49. The zero-order chi connectivity index (χ0) is 13.9. The Bertz CT molecular complexity index is 491. The summed E-state index contributed by atoms with van der Waals surface area (Å²) >= 11 is 0. The van der Waals surface area contributed by atoms with Crippen LogP contribution in [0.25, 0.3) is 0 Å². The molecule has 108 valence electrons. The molecule has 2 saturated heterocycles. The van der Waals surface area contributed by atoms with Crippen molar-refractivity contribution in [2.45, 2.75) is 50.7 Å². The van der Waals surface area contributed by atoms with Gasteiger partial charge < -0.3 is 10.2 Å². The van der Waals surface area contributed by atoms with Crippen LogP contribution >= 0.6 is 0 Å². The molecule has 4 heteroatoms. The van der Waals surface area contributed by atoms with Crippen molar-refractivity contribution in [3.63, 3.8) is 0 Å². The maximum absolute atomic E-state index is 13.8. The molecule has 0 aliphatic carbocycles. The van der Waals surface area contributed by atoms with E-state index in [1.165, 1.54) is 6.07 Å². The molecular formula is C16H21FN2O. The number of amides is 1. The van der Waals surface area contributed by atoms with Gasteiger partial charge in [0.15, 0.2) is 0 Å². The fraction of sp³-hybridized carbons (Fsp3) is 0.562. The first kappa shape index (κ1) is 13.6. The van der Waals surface area contributed by atoms with E-state index in [2.05, 4.69) is 5.32 Å². The van der Waals surface area contributed by atoms with Crippen molar-refractivity contribution in [1.82, 2.24) is 10.2 Å². The van der Waals surface area contributed by atoms with Crippen molar-refractivity contribution < 1.29 is 9.18 Å². The molecule has 0 unspecified atom stereocenters. The number of nitrogens with one attached hydrogen (secondary N) is 1. The molecule has 1 aromatic carbocycles. The minimum absolute atomic E-state index is 0.173. The first-order chi connectivity index (χ1) is 9.75. The van der Waals surface area contributed by atoms with E-state index in [-0.39, 0.29) is 17.8 Å². The molecule has 2 aliphatic heterocycles. The van der Waals surface area contributed by atoms with Gasteiger partial charge in [-0.25, -0.2) is 4.39 Å². The van der Waals surface area contributed by atoms with Gasteiger partial charge in [-0.3, -0.25) is 4.79 Å². The average molecular weight is 276 g/mol. The lowest BCUT2D eigenvalue weighted by atomic mass is 9.96. The molecule has 0 radical (unpaired) electrons. The molecule has 0 aromatic heterocycles. The quantitative estimate of drug-likeness (QED) is 0.900. The fourth-order valence-electron chi connectivity index (χ4n) is 3.41. The molecule has 2 fully saturated rings. The highest BCUT2D eigenvalue weighted by atomic mass is 19.1. The topological polar surface area (TPSA) is 32.3 Å². The lowest BCUT2D eigenvalue weighted by molar-refractivity contribution is -0.135. The second-order valence-corrected chi connectivity index (χ2v) is 5.78. The highest BCUT2D eigenvalue weighted by Gasteiger charge is 2.35. The van der Waals surface area contributed by atoms with Crippen LogP contribution in [0.3, 0.4) is 0 Å². The Labute approximate surface area is 119 Å². The summed E-state index contributed by atoms with van der Waals surface area (Å²) in [7, 11) is 0. The van der Waals surface area contributed by atoms with Gasteiger partial charge in [0.1, 0.15) is 5.82 Å². The van der Waals surface area contributed by atoms with E-state index in [1.54, 1.807) is 12.1 Å². The lowest BCUT2D eigenvalue weighted by Crippen LogP contribution is -2.47. The first-order valence-corrected chi connectivity index (χ1v) is 7.52. The van der Waals surface area contributed by atoms with Gasteiger partial charge in [-0.1, -0.05) is 24.6 Å². The summed E-state index contributed by atoms with van der Waals surface area (Å²) in [5, 5.41) is 3.49. The number of nitrogens with zero attached hydrogens (tertiary/aromatic N) is 1. The molecule has 2 atom stereocenters. The zero-order valence-electron chi connectivity index (χ0n) is 11.6. The van der Waals surface area contributed by atoms with Crippen molar-refractivity contribution in [2.24, 2.45) is 0 Å². The van der Waals surface area contributed by atoms with Gasteiger partial charge in [0.05, 0.1) is 0 Å². The van der Waals surface area contributed by atoms with Crippen molar-refractivity contribution in [1.29, 1.82) is 0 Å². The highest BCUT2D eigenvalue weighted by molar-refractivity contribution is 5.76. The summed E-state index contributed by atoms with van der Waals surface area (Å²) in [5.41, 5.74) is 0.618. The Hall–Kier alpha value is -1.42. The Morgan fingerprint density at radius 1 is 1.25 bits per heavy atom. The van der Waals surface area contributed by atoms with Gasteiger partial charge in [0.2, 0.25) is 5.91 Å². The number of hydrogen-bond acceptors (Lipinski definition) is 2. The normalized spacial score (nSPS) is 27.1. The van der Waals surface area contributed by atoms with Crippen LogP contribution in [0.15, 0.2) is 24.3 Å². The molecular weight excluding hydrogens is 255 g/mol. The van der Waals surface area contributed by atoms with E-state index >= 15 is 0 Å². The van der Waals surface area contributed by atoms with Gasteiger partial charge in [0.25, 0.3) is 0 Å². The number of rotatable bonds is 2. The van der Waals surface area contributed by atoms with Crippen LogP contribution < -0.4 is 5.32 Å². The molecule has 2 heterocycles. The Morgan fingerprint density at radius 2 is 2.10 bits per heavy atom. The van der Waals surface area contributed by atoms with Gasteiger partial charge in [-0.15, -0.1) is 0 Å². The Kier molecular flexibility index (Phi) is 4.01. The molecule has 0 bridgehead atoms. The van der Waals surface area contributed by atoms with Gasteiger partial charge in [-0.2, -0.15) is 0 Å². The summed E-state index contributed by atoms with van der Waals surface area (Å²) in [6.45, 7) is 1.35. The van der Waals surface area contributed by atoms with Crippen molar-refractivity contribution in [3.8, 4) is 0 Å². The molecule has 20 heavy (non-hydrogen) atoms. The number of halogens is 1. The van der Waals surface area contributed by atoms with Crippen LogP contribution in [0.2, 0.25) is 0 Å². The second-order valence-electron chi connectivity index (χ2n) is 5.78. The summed E-state index contributed by atoms with van der Waals surface area (Å²) in [6, 6.07) is 7.37. The van der Waals surface area contributed by atoms with Gasteiger partial charge in [0, 0.05) is 30.6 Å². The third-order valence-electron chi connectivity index (χ3n) is 4.49. The molecule has 1 aromatic rings. The third kappa shape index (κ3) is 2.70. The number of likely N-dealkylation sites (tertiary alicyclic amines) is 1. The van der Waals surface area contributed by atoms with Crippen LogP contribution in [0, 0.1) is 5.82 Å². The lowest BCUT2D eigenvalue weighted by Gasteiger charge is -2.35. The van der Waals surface area contributed by atoms with Crippen LogP contribution in [0.5, 0.6) is 0 Å². The molecule has 0 saturated carbocycles. The predicted octanol–water partition coefficient (Wildman–Crippen LogP) is 2.46. The van der Waals surface area contributed by atoms with Crippen molar-refractivity contribution in [3.05, 3.63) is 35.6 Å². The molecule has 0 spiro atoms. The summed E-state index contributed by atoms with van der Waals surface area (Å²) in [5.74, 6) is -0.0449. The van der Waals surface area contributed by atoms with E-state index < -0.39 is 0 Å². The molecule has 1 amide bonds. The maximum Gasteiger partial charge on any atom is 0.223 e. The number of carbonyl (C=O) groups is 1. The van der Waals surface area contributed by atoms with Crippen LogP contribution in [-0.2, 0) is 11.3 Å². The molecule has 2 aliphatic rings. The van der Waals surface area contributed by atoms with Crippen LogP contribution in [-0.4, -0.2) is 29.4 Å². The summed E-state index contributed by atoms with van der Waals surface area (Å²) in [6.07, 6.45) is 4.74. The highest BCUT2D eigenvalue weighted by Crippen LogP contribution is 2.26. The second kappa shape index (κ2) is 5.92. The average Bonchev–Trinajstić information content (AvgIpc) is 2.88. The number of carbonyl (C=O) groups excluding carboxylic acids is 1. The van der Waals surface area contributed by atoms with Crippen molar-refractivity contribution in [2.75, 3.05) is 6.54 Å². The SMILES string of the molecule is O=C1CCCC[C@H]2NCC[C@@H]2N1Cc1ccccc1F. The monoisotopic (exact) mass is 276 g/mol. The maximum atomic E-state index is 13.8. The Balaban J connectivity index is 1.83.